The van der Waals surface area contributed by atoms with E-state index in [4.69, 9.17) is 11.6 Å². The predicted molar refractivity (Wildman–Crippen MR) is 103 cm³/mol. The van der Waals surface area contributed by atoms with Gasteiger partial charge in [0.15, 0.2) is 0 Å². The topological polar surface area (TPSA) is 69.3 Å². The minimum absolute atomic E-state index is 0.355. The van der Waals surface area contributed by atoms with Gasteiger partial charge in [-0.1, -0.05) is 25.4 Å². The average molecular weight is 359 g/mol. The fraction of sp³-hybridized carbons (Fsp3) is 0.368. The Kier molecular flexibility index (Phi) is 5.43. The van der Waals surface area contributed by atoms with Crippen molar-refractivity contribution in [2.45, 2.75) is 46.0 Å². The molecule has 1 aliphatic rings. The number of hydrogen-bond donors (Lipinski definition) is 3. The number of urea groups is 1. The largest absolute Gasteiger partial charge is 0.361 e. The van der Waals surface area contributed by atoms with Crippen molar-refractivity contribution in [3.05, 3.63) is 51.8 Å². The molecule has 3 rings (SSSR count). The lowest BCUT2D eigenvalue weighted by Crippen LogP contribution is -2.26. The Morgan fingerprint density at radius 3 is 2.64 bits per heavy atom. The van der Waals surface area contributed by atoms with E-state index in [1.807, 2.05) is 0 Å². The Bertz CT molecular complexity index is 793. The Balaban J connectivity index is 1.75. The van der Waals surface area contributed by atoms with E-state index in [2.05, 4.69) is 34.7 Å². The zero-order valence-electron chi connectivity index (χ0n) is 14.6. The molecule has 5 nitrogen and oxygen atoms in total. The molecule has 0 fully saturated rings. The second kappa shape index (κ2) is 7.74. The van der Waals surface area contributed by atoms with Crippen LogP contribution < -0.4 is 10.7 Å². The molecular formula is C19H23ClN4O. The van der Waals surface area contributed by atoms with Crippen molar-refractivity contribution >= 4 is 29.0 Å². The number of carbonyl (C=O) groups is 1. The summed E-state index contributed by atoms with van der Waals surface area (Å²) in [7, 11) is 0. The summed E-state index contributed by atoms with van der Waals surface area (Å²) in [6.45, 7) is 4.32. The van der Waals surface area contributed by atoms with Crippen molar-refractivity contribution in [3.63, 3.8) is 0 Å². The van der Waals surface area contributed by atoms with Crippen LogP contribution in [0.5, 0.6) is 0 Å². The number of aryl methyl sites for hydroxylation is 2. The van der Waals surface area contributed by atoms with Crippen LogP contribution in [0.15, 0.2) is 29.4 Å². The molecule has 0 saturated carbocycles. The first-order valence-corrected chi connectivity index (χ1v) is 9.12. The zero-order valence-corrected chi connectivity index (χ0v) is 15.3. The number of halogens is 1. The first-order valence-electron chi connectivity index (χ1n) is 8.74. The van der Waals surface area contributed by atoms with Crippen LogP contribution in [-0.4, -0.2) is 16.7 Å². The summed E-state index contributed by atoms with van der Waals surface area (Å²) in [4.78, 5) is 15.6. The molecule has 2 aromatic rings. The molecular weight excluding hydrogens is 336 g/mol. The molecule has 0 saturated heterocycles. The Labute approximate surface area is 152 Å². The van der Waals surface area contributed by atoms with E-state index in [-0.39, 0.29) is 6.03 Å². The molecule has 1 aromatic carbocycles. The monoisotopic (exact) mass is 358 g/mol. The van der Waals surface area contributed by atoms with Gasteiger partial charge in [-0.25, -0.2) is 10.2 Å². The molecule has 1 aromatic heterocycles. The molecule has 0 aliphatic heterocycles. The maximum absolute atomic E-state index is 12.1. The van der Waals surface area contributed by atoms with Crippen molar-refractivity contribution < 1.29 is 4.79 Å². The van der Waals surface area contributed by atoms with Crippen LogP contribution in [0.1, 0.15) is 49.2 Å². The summed E-state index contributed by atoms with van der Waals surface area (Å²) < 4.78 is 0. The zero-order chi connectivity index (χ0) is 17.8. The van der Waals surface area contributed by atoms with Gasteiger partial charge in [-0.15, -0.1) is 0 Å². The smallest absolute Gasteiger partial charge is 0.339 e. The van der Waals surface area contributed by atoms with E-state index < -0.39 is 0 Å². The summed E-state index contributed by atoms with van der Waals surface area (Å²) in [5.41, 5.74) is 9.33. The Morgan fingerprint density at radius 2 is 1.96 bits per heavy atom. The maximum Gasteiger partial charge on any atom is 0.339 e. The lowest BCUT2D eigenvalue weighted by molar-refractivity contribution is 0.252. The van der Waals surface area contributed by atoms with Gasteiger partial charge < -0.3 is 10.3 Å². The highest BCUT2D eigenvalue weighted by molar-refractivity contribution is 6.30. The average Bonchev–Trinajstić information content (AvgIpc) is 3.00. The number of anilines is 1. The highest BCUT2D eigenvalue weighted by Gasteiger charge is 2.23. The summed E-state index contributed by atoms with van der Waals surface area (Å²) in [6, 6.07) is 6.61. The molecule has 0 bridgehead atoms. The van der Waals surface area contributed by atoms with E-state index in [1.54, 1.807) is 24.3 Å². The number of aromatic nitrogens is 1. The number of hydrogen-bond acceptors (Lipinski definition) is 2. The summed E-state index contributed by atoms with van der Waals surface area (Å²) in [5, 5.41) is 7.79. The summed E-state index contributed by atoms with van der Waals surface area (Å²) >= 11 is 5.85. The number of aromatic amines is 1. The molecule has 25 heavy (non-hydrogen) atoms. The molecule has 1 aliphatic carbocycles. The molecule has 0 atom stereocenters. The molecule has 2 amide bonds. The molecule has 0 unspecified atom stereocenters. The number of amides is 2. The van der Waals surface area contributed by atoms with Crippen molar-refractivity contribution in [3.8, 4) is 0 Å². The SMILES string of the molecule is CCc1[nH]c2c(c1CC)/C(=N/NC(=O)Nc1ccc(Cl)cc1)CCC2. The van der Waals surface area contributed by atoms with Crippen LogP contribution in [-0.2, 0) is 19.3 Å². The third kappa shape index (κ3) is 3.87. The minimum Gasteiger partial charge on any atom is -0.361 e. The normalized spacial score (nSPS) is 15.1. The van der Waals surface area contributed by atoms with E-state index in [9.17, 15) is 4.79 Å². The highest BCUT2D eigenvalue weighted by Crippen LogP contribution is 2.28. The van der Waals surface area contributed by atoms with Gasteiger partial charge in [0, 0.05) is 27.7 Å². The summed E-state index contributed by atoms with van der Waals surface area (Å²) in [5.74, 6) is 0. The number of rotatable bonds is 4. The van der Waals surface area contributed by atoms with Crippen LogP contribution in [0.2, 0.25) is 5.02 Å². The van der Waals surface area contributed by atoms with Crippen molar-refractivity contribution in [2.75, 3.05) is 5.32 Å². The number of nitrogens with zero attached hydrogens (tertiary/aromatic N) is 1. The Hall–Kier alpha value is -2.27. The molecule has 0 radical (unpaired) electrons. The van der Waals surface area contributed by atoms with Gasteiger partial charge in [0.1, 0.15) is 0 Å². The van der Waals surface area contributed by atoms with E-state index >= 15 is 0 Å². The number of benzene rings is 1. The van der Waals surface area contributed by atoms with Crippen molar-refractivity contribution in [1.82, 2.24) is 10.4 Å². The molecule has 0 spiro atoms. The van der Waals surface area contributed by atoms with Crippen molar-refractivity contribution in [2.24, 2.45) is 5.10 Å². The second-order valence-corrected chi connectivity index (χ2v) is 6.56. The van der Waals surface area contributed by atoms with E-state index in [0.717, 1.165) is 37.8 Å². The first kappa shape index (κ1) is 17.5. The number of fused-ring (bicyclic) bond motifs is 1. The van der Waals surface area contributed by atoms with Crippen LogP contribution in [0.25, 0.3) is 0 Å². The van der Waals surface area contributed by atoms with Crippen LogP contribution in [0, 0.1) is 0 Å². The quantitative estimate of drug-likeness (QED) is 0.684. The van der Waals surface area contributed by atoms with E-state index in [0.29, 0.717) is 10.7 Å². The van der Waals surface area contributed by atoms with Gasteiger partial charge in [0.05, 0.1) is 5.71 Å². The maximum atomic E-state index is 12.1. The van der Waals surface area contributed by atoms with Crippen LogP contribution >= 0.6 is 11.6 Å². The minimum atomic E-state index is -0.355. The first-order chi connectivity index (χ1) is 12.1. The van der Waals surface area contributed by atoms with Gasteiger partial charge >= 0.3 is 6.03 Å². The third-order valence-corrected chi connectivity index (χ3v) is 4.75. The van der Waals surface area contributed by atoms with Gasteiger partial charge in [-0.2, -0.15) is 5.10 Å². The molecule has 132 valence electrons. The molecule has 3 N–H and O–H groups in total. The summed E-state index contributed by atoms with van der Waals surface area (Å²) in [6.07, 6.45) is 4.90. The number of carbonyl (C=O) groups excluding carboxylic acids is 1. The molecule has 1 heterocycles. The standard InChI is InChI=1S/C19H23ClN4O/c1-3-14-15(4-2)22-16-6-5-7-17(18(14)16)23-24-19(25)21-13-10-8-12(20)9-11-13/h8-11,22H,3-7H2,1-2H3,(H2,21,24,25)/b23-17+. The Morgan fingerprint density at radius 1 is 1.20 bits per heavy atom. The fourth-order valence-electron chi connectivity index (χ4n) is 3.36. The van der Waals surface area contributed by atoms with Crippen LogP contribution in [0.3, 0.4) is 0 Å². The van der Waals surface area contributed by atoms with Gasteiger partial charge in [0.25, 0.3) is 0 Å². The number of hydrazone groups is 1. The second-order valence-electron chi connectivity index (χ2n) is 6.13. The lowest BCUT2D eigenvalue weighted by atomic mass is 9.91. The number of H-pyrrole nitrogens is 1. The third-order valence-electron chi connectivity index (χ3n) is 4.50. The number of nitrogens with one attached hydrogen (secondary N) is 3. The van der Waals surface area contributed by atoms with Crippen molar-refractivity contribution in [1.29, 1.82) is 0 Å². The van der Waals surface area contributed by atoms with Gasteiger partial charge in [-0.05, 0) is 61.9 Å². The fourth-order valence-corrected chi connectivity index (χ4v) is 3.49. The van der Waals surface area contributed by atoms with E-state index in [1.165, 1.54) is 22.5 Å². The molecule has 6 heteroatoms. The lowest BCUT2D eigenvalue weighted by Gasteiger charge is -2.16. The van der Waals surface area contributed by atoms with Crippen LogP contribution in [0.4, 0.5) is 10.5 Å². The predicted octanol–water partition coefficient (Wildman–Crippen LogP) is 4.66. The highest BCUT2D eigenvalue weighted by atomic mass is 35.5. The van der Waals surface area contributed by atoms with Gasteiger partial charge in [-0.3, -0.25) is 0 Å². The van der Waals surface area contributed by atoms with Gasteiger partial charge in [0.2, 0.25) is 0 Å².